The van der Waals surface area contributed by atoms with Crippen molar-refractivity contribution in [3.63, 3.8) is 0 Å². The molecule has 0 radical (unpaired) electrons. The van der Waals surface area contributed by atoms with E-state index < -0.39 is 5.97 Å². The van der Waals surface area contributed by atoms with Gasteiger partial charge in [0.15, 0.2) is 5.69 Å². The number of aromatic nitrogens is 2. The summed E-state index contributed by atoms with van der Waals surface area (Å²) in [4.78, 5) is 18.5. The van der Waals surface area contributed by atoms with Gasteiger partial charge in [-0.2, -0.15) is 0 Å². The normalized spacial score (nSPS) is 9.95. The minimum atomic E-state index is -1.08. The molecule has 0 aliphatic heterocycles. The van der Waals surface area contributed by atoms with Gasteiger partial charge < -0.3 is 15.2 Å². The molecule has 0 saturated carbocycles. The van der Waals surface area contributed by atoms with Crippen LogP contribution in [-0.2, 0) is 6.54 Å². The molecule has 1 heterocycles. The van der Waals surface area contributed by atoms with E-state index in [1.807, 2.05) is 24.3 Å². The second-order valence-electron chi connectivity index (χ2n) is 3.79. The Morgan fingerprint density at radius 1 is 1.37 bits per heavy atom. The van der Waals surface area contributed by atoms with Crippen molar-refractivity contribution in [3.8, 4) is 5.75 Å². The quantitative estimate of drug-likeness (QED) is 0.851. The first-order valence-corrected chi connectivity index (χ1v) is 5.61. The molecule has 2 aromatic rings. The second kappa shape index (κ2) is 5.81. The molecule has 6 heteroatoms. The number of anilines is 1. The third-order valence-corrected chi connectivity index (χ3v) is 2.56. The van der Waals surface area contributed by atoms with Crippen LogP contribution in [0.5, 0.6) is 5.75 Å². The highest BCUT2D eigenvalue weighted by atomic mass is 16.5. The van der Waals surface area contributed by atoms with Gasteiger partial charge in [0.1, 0.15) is 12.1 Å². The summed E-state index contributed by atoms with van der Waals surface area (Å²) in [7, 11) is 1.60. The lowest BCUT2D eigenvalue weighted by molar-refractivity contribution is 0.0691. The molecule has 0 amide bonds. The molecule has 6 nitrogen and oxygen atoms in total. The van der Waals surface area contributed by atoms with E-state index in [9.17, 15) is 4.79 Å². The second-order valence-corrected chi connectivity index (χ2v) is 3.79. The molecule has 0 unspecified atom stereocenters. The van der Waals surface area contributed by atoms with Crippen LogP contribution in [0.4, 0.5) is 5.69 Å². The Morgan fingerprint density at radius 2 is 2.11 bits per heavy atom. The minimum absolute atomic E-state index is 0.0384. The zero-order valence-electron chi connectivity index (χ0n) is 10.3. The van der Waals surface area contributed by atoms with E-state index in [1.165, 1.54) is 12.5 Å². The number of hydrogen-bond donors (Lipinski definition) is 2. The number of ether oxygens (including phenoxy) is 1. The van der Waals surface area contributed by atoms with Crippen LogP contribution in [-0.4, -0.2) is 28.2 Å². The molecule has 0 aliphatic rings. The van der Waals surface area contributed by atoms with Crippen LogP contribution in [0.1, 0.15) is 16.1 Å². The summed E-state index contributed by atoms with van der Waals surface area (Å²) in [6, 6.07) is 7.49. The predicted molar refractivity (Wildman–Crippen MR) is 69.3 cm³/mol. The number of benzene rings is 1. The maximum atomic E-state index is 11.0. The van der Waals surface area contributed by atoms with Crippen molar-refractivity contribution in [1.29, 1.82) is 0 Å². The van der Waals surface area contributed by atoms with E-state index in [0.29, 0.717) is 12.2 Å². The third kappa shape index (κ3) is 3.19. The minimum Gasteiger partial charge on any atom is -0.497 e. The lowest BCUT2D eigenvalue weighted by Gasteiger charge is -2.08. The maximum Gasteiger partial charge on any atom is 0.356 e. The molecule has 1 aromatic carbocycles. The van der Waals surface area contributed by atoms with E-state index in [2.05, 4.69) is 15.3 Å². The Labute approximate surface area is 110 Å². The zero-order chi connectivity index (χ0) is 13.7. The van der Waals surface area contributed by atoms with Crippen LogP contribution in [0.3, 0.4) is 0 Å². The Bertz CT molecular complexity index is 570. The van der Waals surface area contributed by atoms with Crippen molar-refractivity contribution in [3.05, 3.63) is 48.0 Å². The number of carboxylic acid groups (broad SMARTS) is 1. The number of aromatic carboxylic acids is 1. The van der Waals surface area contributed by atoms with E-state index in [4.69, 9.17) is 9.84 Å². The first kappa shape index (κ1) is 12.8. The summed E-state index contributed by atoms with van der Waals surface area (Å²) in [5.74, 6) is -0.308. The van der Waals surface area contributed by atoms with Gasteiger partial charge in [0.25, 0.3) is 0 Å². The Hall–Kier alpha value is -2.63. The summed E-state index contributed by atoms with van der Waals surface area (Å²) >= 11 is 0. The van der Waals surface area contributed by atoms with Gasteiger partial charge in [0, 0.05) is 6.54 Å². The standard InChI is InChI=1S/C13H13N3O3/c1-19-10-4-2-9(3-5-10)6-15-11-7-14-8-16-12(11)13(17)18/h2-5,7-8,15H,6H2,1H3,(H,17,18). The Balaban J connectivity index is 2.07. The van der Waals surface area contributed by atoms with Gasteiger partial charge in [0.2, 0.25) is 0 Å². The fourth-order valence-corrected chi connectivity index (χ4v) is 1.57. The fourth-order valence-electron chi connectivity index (χ4n) is 1.57. The zero-order valence-corrected chi connectivity index (χ0v) is 10.3. The average molecular weight is 259 g/mol. The van der Waals surface area contributed by atoms with Gasteiger partial charge in [-0.3, -0.25) is 0 Å². The van der Waals surface area contributed by atoms with Crippen LogP contribution >= 0.6 is 0 Å². The molecule has 0 saturated heterocycles. The van der Waals surface area contributed by atoms with Crippen molar-refractivity contribution in [2.24, 2.45) is 0 Å². The molecule has 2 N–H and O–H groups in total. The van der Waals surface area contributed by atoms with Crippen LogP contribution in [0.25, 0.3) is 0 Å². The molecule has 0 fully saturated rings. The summed E-state index contributed by atoms with van der Waals surface area (Å²) < 4.78 is 5.06. The average Bonchev–Trinajstić information content (AvgIpc) is 2.46. The summed E-state index contributed by atoms with van der Waals surface area (Å²) in [5, 5.41) is 12.0. The lowest BCUT2D eigenvalue weighted by Crippen LogP contribution is -2.08. The maximum absolute atomic E-state index is 11.0. The molecule has 0 atom stereocenters. The largest absolute Gasteiger partial charge is 0.497 e. The van der Waals surface area contributed by atoms with Crippen molar-refractivity contribution in [1.82, 2.24) is 9.97 Å². The molecule has 1 aromatic heterocycles. The van der Waals surface area contributed by atoms with Gasteiger partial charge in [-0.05, 0) is 17.7 Å². The lowest BCUT2D eigenvalue weighted by atomic mass is 10.2. The highest BCUT2D eigenvalue weighted by Crippen LogP contribution is 2.15. The number of nitrogens with zero attached hydrogens (tertiary/aromatic N) is 2. The molecule has 0 aliphatic carbocycles. The SMILES string of the molecule is COc1ccc(CNc2cncnc2C(=O)O)cc1. The number of rotatable bonds is 5. The Morgan fingerprint density at radius 3 is 2.74 bits per heavy atom. The number of carboxylic acids is 1. The Kier molecular flexibility index (Phi) is 3.92. The van der Waals surface area contributed by atoms with Gasteiger partial charge in [0.05, 0.1) is 19.0 Å². The van der Waals surface area contributed by atoms with Crippen molar-refractivity contribution in [2.45, 2.75) is 6.54 Å². The number of nitrogens with one attached hydrogen (secondary N) is 1. The van der Waals surface area contributed by atoms with Crippen molar-refractivity contribution >= 4 is 11.7 Å². The van der Waals surface area contributed by atoms with Crippen LogP contribution in [0, 0.1) is 0 Å². The van der Waals surface area contributed by atoms with Crippen molar-refractivity contribution in [2.75, 3.05) is 12.4 Å². The smallest absolute Gasteiger partial charge is 0.356 e. The van der Waals surface area contributed by atoms with E-state index in [0.717, 1.165) is 11.3 Å². The fraction of sp³-hybridized carbons (Fsp3) is 0.154. The summed E-state index contributed by atoms with van der Waals surface area (Å²) in [5.41, 5.74) is 1.36. The highest BCUT2D eigenvalue weighted by molar-refractivity contribution is 5.91. The van der Waals surface area contributed by atoms with E-state index in [-0.39, 0.29) is 5.69 Å². The molecule has 0 spiro atoms. The third-order valence-electron chi connectivity index (χ3n) is 2.56. The molecule has 98 valence electrons. The summed E-state index contributed by atoms with van der Waals surface area (Å²) in [6.07, 6.45) is 2.65. The monoisotopic (exact) mass is 259 g/mol. The van der Waals surface area contributed by atoms with Gasteiger partial charge in [-0.25, -0.2) is 14.8 Å². The first-order valence-electron chi connectivity index (χ1n) is 5.61. The van der Waals surface area contributed by atoms with Crippen LogP contribution in [0.2, 0.25) is 0 Å². The summed E-state index contributed by atoms with van der Waals surface area (Å²) in [6.45, 7) is 0.484. The topological polar surface area (TPSA) is 84.3 Å². The molecule has 19 heavy (non-hydrogen) atoms. The van der Waals surface area contributed by atoms with E-state index >= 15 is 0 Å². The van der Waals surface area contributed by atoms with Crippen LogP contribution < -0.4 is 10.1 Å². The van der Waals surface area contributed by atoms with Gasteiger partial charge >= 0.3 is 5.97 Å². The molecule has 0 bridgehead atoms. The van der Waals surface area contributed by atoms with Crippen LogP contribution in [0.15, 0.2) is 36.8 Å². The number of carbonyl (C=O) groups is 1. The molecule has 2 rings (SSSR count). The van der Waals surface area contributed by atoms with Crippen molar-refractivity contribution < 1.29 is 14.6 Å². The number of methoxy groups -OCH3 is 1. The highest BCUT2D eigenvalue weighted by Gasteiger charge is 2.10. The molecular weight excluding hydrogens is 246 g/mol. The first-order chi connectivity index (χ1) is 9.20. The predicted octanol–water partition coefficient (Wildman–Crippen LogP) is 1.80. The number of hydrogen-bond acceptors (Lipinski definition) is 5. The molecular formula is C13H13N3O3. The van der Waals surface area contributed by atoms with Gasteiger partial charge in [-0.15, -0.1) is 0 Å². The van der Waals surface area contributed by atoms with E-state index in [1.54, 1.807) is 7.11 Å². The van der Waals surface area contributed by atoms with Gasteiger partial charge in [-0.1, -0.05) is 12.1 Å².